The molecule has 0 saturated carbocycles. The topological polar surface area (TPSA) is 50.7 Å². The Morgan fingerprint density at radius 2 is 1.79 bits per heavy atom. The summed E-state index contributed by atoms with van der Waals surface area (Å²) in [6.07, 6.45) is 0. The molecule has 0 atom stereocenters. The van der Waals surface area contributed by atoms with Crippen molar-refractivity contribution in [1.29, 1.82) is 0 Å². The number of aromatic nitrogens is 3. The van der Waals surface area contributed by atoms with E-state index in [4.69, 9.17) is 11.6 Å². The molecule has 0 radical (unpaired) electrons. The van der Waals surface area contributed by atoms with Crippen molar-refractivity contribution >= 4 is 29.3 Å². The summed E-state index contributed by atoms with van der Waals surface area (Å²) in [6, 6.07) is 8.37. The summed E-state index contributed by atoms with van der Waals surface area (Å²) >= 11 is 7.31. The molecule has 6 heteroatoms. The highest BCUT2D eigenvalue weighted by Gasteiger charge is 2.06. The maximum absolute atomic E-state index is 5.85. The van der Waals surface area contributed by atoms with E-state index in [9.17, 15) is 0 Å². The molecule has 1 heterocycles. The van der Waals surface area contributed by atoms with Gasteiger partial charge < -0.3 is 5.32 Å². The van der Waals surface area contributed by atoms with Gasteiger partial charge >= 0.3 is 0 Å². The Kier molecular flexibility index (Phi) is 4.61. The monoisotopic (exact) mass is 294 g/mol. The molecule has 19 heavy (non-hydrogen) atoms. The maximum Gasteiger partial charge on any atom is 0.228 e. The Morgan fingerprint density at radius 1 is 1.11 bits per heavy atom. The Hall–Kier alpha value is -1.33. The van der Waals surface area contributed by atoms with Gasteiger partial charge in [-0.3, -0.25) is 0 Å². The average molecular weight is 295 g/mol. The zero-order valence-electron chi connectivity index (χ0n) is 11.0. The number of nitrogens with one attached hydrogen (secondary N) is 1. The average Bonchev–Trinajstić information content (AvgIpc) is 2.38. The lowest BCUT2D eigenvalue weighted by Gasteiger charge is -2.06. The largest absolute Gasteiger partial charge is 0.357 e. The van der Waals surface area contributed by atoms with Crippen molar-refractivity contribution in [3.8, 4) is 0 Å². The van der Waals surface area contributed by atoms with Gasteiger partial charge in [0.25, 0.3) is 0 Å². The van der Waals surface area contributed by atoms with Gasteiger partial charge in [-0.25, -0.2) is 0 Å². The molecule has 1 N–H and O–H groups in total. The van der Waals surface area contributed by atoms with Crippen LogP contribution in [-0.2, 0) is 0 Å². The fraction of sp³-hybridized carbons (Fsp3) is 0.308. The third kappa shape index (κ3) is 3.81. The lowest BCUT2D eigenvalue weighted by Crippen LogP contribution is -1.99. The predicted molar refractivity (Wildman–Crippen MR) is 79.0 cm³/mol. The molecule has 0 bridgehead atoms. The molecule has 0 fully saturated rings. The molecular formula is C13H15ClN4S. The summed E-state index contributed by atoms with van der Waals surface area (Å²) in [5.74, 6) is 1.00. The molecule has 0 aliphatic rings. The van der Waals surface area contributed by atoms with E-state index in [0.29, 0.717) is 17.0 Å². The van der Waals surface area contributed by atoms with Crippen LogP contribution >= 0.6 is 23.4 Å². The van der Waals surface area contributed by atoms with Crippen LogP contribution in [0.4, 0.5) is 5.95 Å². The molecule has 4 nitrogen and oxygen atoms in total. The van der Waals surface area contributed by atoms with E-state index in [2.05, 4.69) is 58.4 Å². The Balaban J connectivity index is 2.18. The molecule has 0 aliphatic heterocycles. The van der Waals surface area contributed by atoms with Crippen molar-refractivity contribution < 1.29 is 0 Å². The van der Waals surface area contributed by atoms with Crippen LogP contribution in [0.15, 0.2) is 34.3 Å². The summed E-state index contributed by atoms with van der Waals surface area (Å²) in [7, 11) is 1.75. The third-order valence-electron chi connectivity index (χ3n) is 2.57. The van der Waals surface area contributed by atoms with E-state index in [1.807, 2.05) is 0 Å². The van der Waals surface area contributed by atoms with Crippen molar-refractivity contribution in [1.82, 2.24) is 15.0 Å². The Morgan fingerprint density at radius 3 is 2.37 bits per heavy atom. The van der Waals surface area contributed by atoms with Gasteiger partial charge in [-0.2, -0.15) is 15.0 Å². The summed E-state index contributed by atoms with van der Waals surface area (Å²) < 4.78 is 0. The summed E-state index contributed by atoms with van der Waals surface area (Å²) in [5, 5.41) is 3.64. The first-order valence-electron chi connectivity index (χ1n) is 5.95. The number of halogens is 1. The lowest BCUT2D eigenvalue weighted by atomic mass is 10.0. The van der Waals surface area contributed by atoms with Gasteiger partial charge in [0.05, 0.1) is 0 Å². The van der Waals surface area contributed by atoms with Crippen molar-refractivity contribution in [2.24, 2.45) is 0 Å². The third-order valence-corrected chi connectivity index (χ3v) is 3.61. The second kappa shape index (κ2) is 6.21. The van der Waals surface area contributed by atoms with Gasteiger partial charge in [0, 0.05) is 11.9 Å². The minimum Gasteiger partial charge on any atom is -0.357 e. The second-order valence-corrected chi connectivity index (χ2v) is 5.67. The van der Waals surface area contributed by atoms with Gasteiger partial charge in [-0.05, 0) is 47.0 Å². The molecule has 1 aromatic carbocycles. The van der Waals surface area contributed by atoms with E-state index in [1.165, 1.54) is 17.3 Å². The highest BCUT2D eigenvalue weighted by molar-refractivity contribution is 7.99. The van der Waals surface area contributed by atoms with Gasteiger partial charge in [-0.15, -0.1) is 0 Å². The van der Waals surface area contributed by atoms with Gasteiger partial charge in [0.2, 0.25) is 11.2 Å². The second-order valence-electron chi connectivity index (χ2n) is 4.29. The van der Waals surface area contributed by atoms with E-state index in [-0.39, 0.29) is 5.28 Å². The SMILES string of the molecule is CNc1nc(Cl)nc(Sc2ccc(C(C)C)cc2)n1. The highest BCUT2D eigenvalue weighted by Crippen LogP contribution is 2.27. The molecule has 0 unspecified atom stereocenters. The van der Waals surface area contributed by atoms with Crippen LogP contribution in [0.1, 0.15) is 25.3 Å². The summed E-state index contributed by atoms with van der Waals surface area (Å²) in [6.45, 7) is 4.35. The standard InChI is InChI=1S/C13H15ClN4S/c1-8(2)9-4-6-10(7-5-9)19-13-17-11(14)16-12(15-3)18-13/h4-8H,1-3H3,(H,15,16,17,18). The van der Waals surface area contributed by atoms with Crippen molar-refractivity contribution in [3.05, 3.63) is 35.1 Å². The van der Waals surface area contributed by atoms with Crippen LogP contribution in [-0.4, -0.2) is 22.0 Å². The fourth-order valence-corrected chi connectivity index (χ4v) is 2.47. The Bertz CT molecular complexity index is 557. The molecule has 2 aromatic rings. The van der Waals surface area contributed by atoms with E-state index in [0.717, 1.165) is 4.90 Å². The Labute approximate surface area is 122 Å². The molecule has 0 aliphatic carbocycles. The highest BCUT2D eigenvalue weighted by atomic mass is 35.5. The quantitative estimate of drug-likeness (QED) is 0.928. The van der Waals surface area contributed by atoms with Gasteiger partial charge in [-0.1, -0.05) is 26.0 Å². The van der Waals surface area contributed by atoms with E-state index in [1.54, 1.807) is 7.05 Å². The van der Waals surface area contributed by atoms with Crippen LogP contribution in [0.5, 0.6) is 0 Å². The number of hydrogen-bond acceptors (Lipinski definition) is 5. The fourth-order valence-electron chi connectivity index (χ4n) is 1.52. The van der Waals surface area contributed by atoms with Crippen LogP contribution < -0.4 is 5.32 Å². The van der Waals surface area contributed by atoms with Crippen LogP contribution in [0, 0.1) is 0 Å². The van der Waals surface area contributed by atoms with Crippen LogP contribution in [0.25, 0.3) is 0 Å². The number of benzene rings is 1. The first kappa shape index (κ1) is 14.1. The first-order valence-corrected chi connectivity index (χ1v) is 7.15. The lowest BCUT2D eigenvalue weighted by molar-refractivity contribution is 0.864. The molecule has 0 amide bonds. The van der Waals surface area contributed by atoms with Gasteiger partial charge in [0.15, 0.2) is 5.16 Å². The van der Waals surface area contributed by atoms with Crippen LogP contribution in [0.3, 0.4) is 0 Å². The number of rotatable bonds is 4. The molecule has 2 rings (SSSR count). The van der Waals surface area contributed by atoms with Crippen LogP contribution in [0.2, 0.25) is 5.28 Å². The summed E-state index contributed by atoms with van der Waals surface area (Å²) in [4.78, 5) is 13.4. The zero-order chi connectivity index (χ0) is 13.8. The van der Waals surface area contributed by atoms with E-state index >= 15 is 0 Å². The maximum atomic E-state index is 5.85. The predicted octanol–water partition coefficient (Wildman–Crippen LogP) is 3.84. The number of nitrogens with zero attached hydrogens (tertiary/aromatic N) is 3. The first-order chi connectivity index (χ1) is 9.08. The molecule has 0 saturated heterocycles. The van der Waals surface area contributed by atoms with Crippen molar-refractivity contribution in [3.63, 3.8) is 0 Å². The van der Waals surface area contributed by atoms with E-state index < -0.39 is 0 Å². The molecular weight excluding hydrogens is 280 g/mol. The smallest absolute Gasteiger partial charge is 0.228 e. The molecule has 1 aromatic heterocycles. The summed E-state index contributed by atoms with van der Waals surface area (Å²) in [5.41, 5.74) is 1.31. The zero-order valence-corrected chi connectivity index (χ0v) is 12.6. The number of hydrogen-bond donors (Lipinski definition) is 1. The molecule has 0 spiro atoms. The number of anilines is 1. The van der Waals surface area contributed by atoms with Crippen molar-refractivity contribution in [2.45, 2.75) is 29.8 Å². The minimum atomic E-state index is 0.195. The molecule has 100 valence electrons. The normalized spacial score (nSPS) is 10.8. The minimum absolute atomic E-state index is 0.195. The van der Waals surface area contributed by atoms with Gasteiger partial charge in [0.1, 0.15) is 0 Å². The van der Waals surface area contributed by atoms with Crippen molar-refractivity contribution in [2.75, 3.05) is 12.4 Å².